The molecule has 1 aromatic heterocycles. The first-order valence-electron chi connectivity index (χ1n) is 6.40. The molecule has 1 saturated heterocycles. The van der Waals surface area contributed by atoms with E-state index < -0.39 is 15.9 Å². The van der Waals surface area contributed by atoms with Crippen molar-refractivity contribution < 1.29 is 17.9 Å². The van der Waals surface area contributed by atoms with Crippen molar-refractivity contribution in [1.82, 2.24) is 4.98 Å². The number of rotatable bonds is 4. The number of hydrogen-bond donors (Lipinski definition) is 0. The standard InChI is InChI=1S/C13H13NO4S3/c15-12(18-9-5-6-21(16,17)8-9)7-19-13-14-10-3-1-2-4-11(10)20-13/h1-4,9H,5-8H2/t9-/m1/s1. The van der Waals surface area contributed by atoms with Crippen LogP contribution in [0.5, 0.6) is 0 Å². The molecule has 8 heteroatoms. The molecule has 0 bridgehead atoms. The molecule has 2 heterocycles. The highest BCUT2D eigenvalue weighted by molar-refractivity contribution is 8.01. The number of thiazole rings is 1. The van der Waals surface area contributed by atoms with E-state index in [-0.39, 0.29) is 23.2 Å². The van der Waals surface area contributed by atoms with E-state index in [2.05, 4.69) is 4.98 Å². The second kappa shape index (κ2) is 5.94. The molecule has 1 aliphatic heterocycles. The molecule has 0 radical (unpaired) electrons. The molecule has 1 atom stereocenters. The van der Waals surface area contributed by atoms with Crippen LogP contribution in [0.1, 0.15) is 6.42 Å². The zero-order chi connectivity index (χ0) is 14.9. The lowest BCUT2D eigenvalue weighted by Gasteiger charge is -2.09. The lowest BCUT2D eigenvalue weighted by Crippen LogP contribution is -2.20. The number of carbonyl (C=O) groups excluding carboxylic acids is 1. The summed E-state index contributed by atoms with van der Waals surface area (Å²) in [7, 11) is -3.02. The number of aromatic nitrogens is 1. The van der Waals surface area contributed by atoms with Crippen LogP contribution in [0.3, 0.4) is 0 Å². The van der Waals surface area contributed by atoms with E-state index in [1.165, 1.54) is 23.1 Å². The summed E-state index contributed by atoms with van der Waals surface area (Å²) in [6.07, 6.45) is -0.0849. The van der Waals surface area contributed by atoms with Crippen molar-refractivity contribution in [3.8, 4) is 0 Å². The number of benzene rings is 1. The Morgan fingerprint density at radius 2 is 2.24 bits per heavy atom. The van der Waals surface area contributed by atoms with E-state index in [0.29, 0.717) is 6.42 Å². The van der Waals surface area contributed by atoms with E-state index in [1.54, 1.807) is 0 Å². The third kappa shape index (κ3) is 3.75. The van der Waals surface area contributed by atoms with E-state index in [4.69, 9.17) is 4.74 Å². The molecule has 0 unspecified atom stereocenters. The van der Waals surface area contributed by atoms with Crippen LogP contribution in [-0.4, -0.2) is 42.7 Å². The highest BCUT2D eigenvalue weighted by atomic mass is 32.2. The maximum atomic E-state index is 11.7. The smallest absolute Gasteiger partial charge is 0.316 e. The fraction of sp³-hybridized carbons (Fsp3) is 0.385. The number of hydrogen-bond acceptors (Lipinski definition) is 7. The van der Waals surface area contributed by atoms with E-state index in [1.807, 2.05) is 24.3 Å². The molecule has 0 saturated carbocycles. The number of fused-ring (bicyclic) bond motifs is 1. The van der Waals surface area contributed by atoms with Crippen LogP contribution >= 0.6 is 23.1 Å². The predicted octanol–water partition coefficient (Wildman–Crippen LogP) is 2.12. The van der Waals surface area contributed by atoms with E-state index >= 15 is 0 Å². The number of nitrogens with zero attached hydrogens (tertiary/aromatic N) is 1. The minimum absolute atomic E-state index is 0.0510. The quantitative estimate of drug-likeness (QED) is 0.625. The second-order valence-electron chi connectivity index (χ2n) is 4.75. The van der Waals surface area contributed by atoms with Crippen molar-refractivity contribution in [2.75, 3.05) is 17.3 Å². The summed E-state index contributed by atoms with van der Waals surface area (Å²) < 4.78 is 29.7. The van der Waals surface area contributed by atoms with Crippen molar-refractivity contribution in [2.45, 2.75) is 16.9 Å². The maximum absolute atomic E-state index is 11.7. The van der Waals surface area contributed by atoms with Crippen molar-refractivity contribution >= 4 is 49.1 Å². The number of sulfone groups is 1. The Balaban J connectivity index is 1.54. The Kier molecular flexibility index (Phi) is 4.19. The molecule has 0 aliphatic carbocycles. The largest absolute Gasteiger partial charge is 0.461 e. The molecule has 5 nitrogen and oxygen atoms in total. The van der Waals surface area contributed by atoms with Gasteiger partial charge in [0.05, 0.1) is 27.5 Å². The van der Waals surface area contributed by atoms with Gasteiger partial charge in [0.25, 0.3) is 0 Å². The molecular weight excluding hydrogens is 330 g/mol. The van der Waals surface area contributed by atoms with Gasteiger partial charge in [0.1, 0.15) is 6.10 Å². The Labute approximate surface area is 130 Å². The van der Waals surface area contributed by atoms with Crippen LogP contribution < -0.4 is 0 Å². The first kappa shape index (κ1) is 14.8. The zero-order valence-corrected chi connectivity index (χ0v) is 13.5. The van der Waals surface area contributed by atoms with Gasteiger partial charge in [-0.15, -0.1) is 11.3 Å². The molecule has 0 N–H and O–H groups in total. The fourth-order valence-corrected chi connectivity index (χ4v) is 5.55. The number of carbonyl (C=O) groups is 1. The SMILES string of the molecule is O=C(CSc1nc2ccccc2s1)O[C@@H]1CCS(=O)(=O)C1. The minimum Gasteiger partial charge on any atom is -0.461 e. The summed E-state index contributed by atoms with van der Waals surface area (Å²) in [5, 5.41) is 0. The van der Waals surface area contributed by atoms with Crippen molar-refractivity contribution in [3.63, 3.8) is 0 Å². The van der Waals surface area contributed by atoms with Gasteiger partial charge in [-0.25, -0.2) is 13.4 Å². The average molecular weight is 343 g/mol. The van der Waals surface area contributed by atoms with Crippen LogP contribution in [0.2, 0.25) is 0 Å². The number of thioether (sulfide) groups is 1. The van der Waals surface area contributed by atoms with Gasteiger partial charge in [0.15, 0.2) is 14.2 Å². The first-order valence-corrected chi connectivity index (χ1v) is 10.0. The van der Waals surface area contributed by atoms with Gasteiger partial charge >= 0.3 is 5.97 Å². The van der Waals surface area contributed by atoms with Crippen LogP contribution in [0.15, 0.2) is 28.6 Å². The van der Waals surface area contributed by atoms with E-state index in [0.717, 1.165) is 14.6 Å². The van der Waals surface area contributed by atoms with Crippen LogP contribution in [0.25, 0.3) is 10.2 Å². The van der Waals surface area contributed by atoms with Crippen LogP contribution in [0, 0.1) is 0 Å². The summed E-state index contributed by atoms with van der Waals surface area (Å²) in [6.45, 7) is 0. The number of esters is 1. The summed E-state index contributed by atoms with van der Waals surface area (Å²) in [6, 6.07) is 7.78. The first-order chi connectivity index (χ1) is 10.0. The summed E-state index contributed by atoms with van der Waals surface area (Å²) in [5.74, 6) is -0.182. The summed E-state index contributed by atoms with van der Waals surface area (Å²) in [4.78, 5) is 16.2. The van der Waals surface area contributed by atoms with Crippen molar-refractivity contribution in [2.24, 2.45) is 0 Å². The van der Waals surface area contributed by atoms with Crippen molar-refractivity contribution in [3.05, 3.63) is 24.3 Å². The molecule has 1 aromatic carbocycles. The van der Waals surface area contributed by atoms with Crippen molar-refractivity contribution in [1.29, 1.82) is 0 Å². The van der Waals surface area contributed by atoms with Gasteiger partial charge in [-0.2, -0.15) is 0 Å². The van der Waals surface area contributed by atoms with E-state index in [9.17, 15) is 13.2 Å². The molecule has 1 fully saturated rings. The molecule has 0 spiro atoms. The number of para-hydroxylation sites is 1. The van der Waals surface area contributed by atoms with Crippen LogP contribution in [0.4, 0.5) is 0 Å². The molecular formula is C13H13NO4S3. The third-order valence-corrected chi connectivity index (χ3v) is 6.97. The zero-order valence-electron chi connectivity index (χ0n) is 11.0. The Morgan fingerprint density at radius 3 is 2.95 bits per heavy atom. The average Bonchev–Trinajstić information content (AvgIpc) is 2.99. The molecule has 21 heavy (non-hydrogen) atoms. The monoisotopic (exact) mass is 343 g/mol. The highest BCUT2D eigenvalue weighted by Crippen LogP contribution is 2.29. The van der Waals surface area contributed by atoms with Gasteiger partial charge in [0, 0.05) is 0 Å². The lowest BCUT2D eigenvalue weighted by molar-refractivity contribution is -0.144. The van der Waals surface area contributed by atoms with Gasteiger partial charge in [-0.1, -0.05) is 23.9 Å². The topological polar surface area (TPSA) is 73.3 Å². The summed E-state index contributed by atoms with van der Waals surface area (Å²) >= 11 is 2.85. The van der Waals surface area contributed by atoms with Gasteiger partial charge < -0.3 is 4.74 Å². The molecule has 0 amide bonds. The normalized spacial score (nSPS) is 20.7. The Morgan fingerprint density at radius 1 is 1.43 bits per heavy atom. The molecule has 3 rings (SSSR count). The highest BCUT2D eigenvalue weighted by Gasteiger charge is 2.30. The molecule has 2 aromatic rings. The molecule has 112 valence electrons. The summed E-state index contributed by atoms with van der Waals surface area (Å²) in [5.41, 5.74) is 0.917. The second-order valence-corrected chi connectivity index (χ2v) is 9.23. The minimum atomic E-state index is -3.02. The fourth-order valence-electron chi connectivity index (χ4n) is 2.11. The molecule has 1 aliphatic rings. The third-order valence-electron chi connectivity index (χ3n) is 3.08. The maximum Gasteiger partial charge on any atom is 0.316 e. The Hall–Kier alpha value is -1.12. The number of ether oxygens (including phenoxy) is 1. The van der Waals surface area contributed by atoms with Crippen LogP contribution in [-0.2, 0) is 19.4 Å². The van der Waals surface area contributed by atoms with Gasteiger partial charge in [-0.3, -0.25) is 4.79 Å². The lowest BCUT2D eigenvalue weighted by atomic mass is 10.3. The predicted molar refractivity (Wildman–Crippen MR) is 83.5 cm³/mol. The Bertz CT molecular complexity index is 736. The van der Waals surface area contributed by atoms with Gasteiger partial charge in [0.2, 0.25) is 0 Å². The van der Waals surface area contributed by atoms with Gasteiger partial charge in [-0.05, 0) is 18.6 Å².